The molecule has 1 N–H and O–H groups in total. The van der Waals surface area contributed by atoms with E-state index < -0.39 is 0 Å². The summed E-state index contributed by atoms with van der Waals surface area (Å²) in [7, 11) is 0. The molecule has 1 aromatic carbocycles. The topological polar surface area (TPSA) is 48.2 Å². The molecule has 0 aliphatic heterocycles. The molecule has 0 fully saturated rings. The van der Waals surface area contributed by atoms with E-state index in [-0.39, 0.29) is 5.82 Å². The summed E-state index contributed by atoms with van der Waals surface area (Å²) in [5.74, 6) is 0.365. The highest BCUT2D eigenvalue weighted by molar-refractivity contribution is 5.80. The molecule has 0 bridgehead atoms. The zero-order valence-corrected chi connectivity index (χ0v) is 8.50. The van der Waals surface area contributed by atoms with E-state index in [2.05, 4.69) is 10.3 Å². The van der Waals surface area contributed by atoms with Gasteiger partial charge < -0.3 is 0 Å². The van der Waals surface area contributed by atoms with Gasteiger partial charge in [-0.25, -0.2) is 4.39 Å². The summed E-state index contributed by atoms with van der Waals surface area (Å²) in [6.07, 6.45) is 2.53. The van der Waals surface area contributed by atoms with E-state index in [0.717, 1.165) is 12.0 Å². The molecule has 0 saturated heterocycles. The Morgan fingerprint density at radius 3 is 2.73 bits per heavy atom. The summed E-state index contributed by atoms with van der Waals surface area (Å²) in [6.45, 7) is 2.32. The quantitative estimate of drug-likeness (QED) is 0.354. The van der Waals surface area contributed by atoms with Gasteiger partial charge in [0.25, 0.3) is 0 Å². The Morgan fingerprint density at radius 2 is 2.13 bits per heavy atom. The van der Waals surface area contributed by atoms with Gasteiger partial charge >= 0.3 is 0 Å². The van der Waals surface area contributed by atoms with E-state index in [4.69, 9.17) is 5.26 Å². The van der Waals surface area contributed by atoms with Gasteiger partial charge in [0.15, 0.2) is 6.19 Å². The zero-order valence-electron chi connectivity index (χ0n) is 8.50. The lowest BCUT2D eigenvalue weighted by molar-refractivity contribution is 0.627. The number of hydrogen-bond acceptors (Lipinski definition) is 2. The maximum atomic E-state index is 12.6. The monoisotopic (exact) mass is 205 g/mol. The third-order valence-corrected chi connectivity index (χ3v) is 1.90. The fraction of sp³-hybridized carbons (Fsp3) is 0.273. The van der Waals surface area contributed by atoms with Crippen LogP contribution in [0.2, 0.25) is 0 Å². The molecule has 1 rings (SSSR count). The molecular formula is C11H12FN3. The smallest absolute Gasteiger partial charge is 0.182 e. The molecule has 78 valence electrons. The summed E-state index contributed by atoms with van der Waals surface area (Å²) < 4.78 is 12.6. The molecule has 0 aliphatic carbocycles. The molecule has 3 nitrogen and oxygen atoms in total. The number of nitrogens with one attached hydrogen (secondary N) is 1. The van der Waals surface area contributed by atoms with Crippen LogP contribution in [0.15, 0.2) is 29.3 Å². The number of rotatable bonds is 3. The third kappa shape index (κ3) is 4.23. The second-order valence-corrected chi connectivity index (χ2v) is 3.08. The molecule has 0 aliphatic rings. The average Bonchev–Trinajstić information content (AvgIpc) is 2.21. The molecular weight excluding hydrogens is 193 g/mol. The van der Waals surface area contributed by atoms with Crippen molar-refractivity contribution in [2.24, 2.45) is 4.99 Å². The highest BCUT2D eigenvalue weighted by atomic mass is 19.1. The Hall–Kier alpha value is -1.89. The summed E-state index contributed by atoms with van der Waals surface area (Å²) >= 11 is 0. The van der Waals surface area contributed by atoms with Crippen LogP contribution in [0.4, 0.5) is 4.39 Å². The normalized spacial score (nSPS) is 10.9. The van der Waals surface area contributed by atoms with Crippen LogP contribution < -0.4 is 5.32 Å². The van der Waals surface area contributed by atoms with Crippen LogP contribution >= 0.6 is 0 Å². The van der Waals surface area contributed by atoms with Crippen molar-refractivity contribution in [1.29, 1.82) is 5.26 Å². The van der Waals surface area contributed by atoms with E-state index in [1.807, 2.05) is 0 Å². The van der Waals surface area contributed by atoms with Crippen LogP contribution in [0.25, 0.3) is 0 Å². The number of hydrogen-bond donors (Lipinski definition) is 1. The first-order valence-corrected chi connectivity index (χ1v) is 4.63. The molecule has 1 aromatic rings. The number of nitrogens with zero attached hydrogens (tertiary/aromatic N) is 2. The van der Waals surface area contributed by atoms with Crippen LogP contribution in [0, 0.1) is 17.3 Å². The first kappa shape index (κ1) is 11.2. The molecule has 0 aromatic heterocycles. The van der Waals surface area contributed by atoms with Crippen LogP contribution in [0.3, 0.4) is 0 Å². The standard InChI is InChI=1S/C11H12FN3/c1-9(15-8-13)14-7-6-10-2-4-11(12)5-3-10/h2-5H,6-7H2,1H3,(H,14,15). The second kappa shape index (κ2) is 5.76. The van der Waals surface area contributed by atoms with Gasteiger partial charge in [-0.05, 0) is 31.0 Å². The Bertz CT molecular complexity index is 376. The first-order chi connectivity index (χ1) is 7.22. The molecule has 4 heteroatoms. The Balaban J connectivity index is 2.41. The van der Waals surface area contributed by atoms with Crippen molar-refractivity contribution in [1.82, 2.24) is 5.32 Å². The van der Waals surface area contributed by atoms with Gasteiger partial charge in [-0.1, -0.05) is 12.1 Å². The number of halogens is 1. The van der Waals surface area contributed by atoms with Gasteiger partial charge in [-0.3, -0.25) is 10.3 Å². The summed E-state index contributed by atoms with van der Waals surface area (Å²) in [5, 5.41) is 10.7. The molecule has 0 spiro atoms. The average molecular weight is 205 g/mol. The van der Waals surface area contributed by atoms with E-state index in [0.29, 0.717) is 12.4 Å². The molecule has 0 heterocycles. The van der Waals surface area contributed by atoms with E-state index in [9.17, 15) is 4.39 Å². The van der Waals surface area contributed by atoms with Crippen molar-refractivity contribution in [3.63, 3.8) is 0 Å². The predicted molar refractivity (Wildman–Crippen MR) is 56.8 cm³/mol. The van der Waals surface area contributed by atoms with Crippen molar-refractivity contribution in [2.75, 3.05) is 6.54 Å². The highest BCUT2D eigenvalue weighted by Crippen LogP contribution is 2.03. The number of amidine groups is 1. The first-order valence-electron chi connectivity index (χ1n) is 4.63. The van der Waals surface area contributed by atoms with Gasteiger partial charge in [-0.15, -0.1) is 0 Å². The molecule has 15 heavy (non-hydrogen) atoms. The van der Waals surface area contributed by atoms with Crippen molar-refractivity contribution in [3.05, 3.63) is 35.6 Å². The molecule has 0 unspecified atom stereocenters. The molecule has 0 saturated carbocycles. The summed E-state index contributed by atoms with van der Waals surface area (Å²) in [6, 6.07) is 6.33. The fourth-order valence-corrected chi connectivity index (χ4v) is 1.12. The van der Waals surface area contributed by atoms with Gasteiger partial charge in [0, 0.05) is 6.54 Å². The highest BCUT2D eigenvalue weighted by Gasteiger charge is 1.93. The second-order valence-electron chi connectivity index (χ2n) is 3.08. The summed E-state index contributed by atoms with van der Waals surface area (Å²) in [5.41, 5.74) is 1.03. The van der Waals surface area contributed by atoms with Crippen LogP contribution in [-0.2, 0) is 6.42 Å². The van der Waals surface area contributed by atoms with Gasteiger partial charge in [0.05, 0.1) is 0 Å². The lowest BCUT2D eigenvalue weighted by atomic mass is 10.1. The van der Waals surface area contributed by atoms with Gasteiger partial charge in [0.1, 0.15) is 11.7 Å². The minimum atomic E-state index is -0.232. The van der Waals surface area contributed by atoms with Crippen LogP contribution in [0.1, 0.15) is 12.5 Å². The minimum Gasteiger partial charge on any atom is -0.281 e. The number of benzene rings is 1. The van der Waals surface area contributed by atoms with Crippen molar-refractivity contribution in [3.8, 4) is 6.19 Å². The molecule has 0 atom stereocenters. The minimum absolute atomic E-state index is 0.232. The van der Waals surface area contributed by atoms with Gasteiger partial charge in [0.2, 0.25) is 0 Å². The SMILES string of the molecule is CC(=NCCc1ccc(F)cc1)NC#N. The zero-order chi connectivity index (χ0) is 11.1. The Kier molecular flexibility index (Phi) is 4.30. The lowest BCUT2D eigenvalue weighted by Gasteiger charge is -1.99. The molecule has 0 amide bonds. The van der Waals surface area contributed by atoms with Crippen molar-refractivity contribution < 1.29 is 4.39 Å². The Labute approximate surface area is 88.3 Å². The number of aliphatic imine (C=N–C) groups is 1. The third-order valence-electron chi connectivity index (χ3n) is 1.90. The predicted octanol–water partition coefficient (Wildman–Crippen LogP) is 1.86. The fourth-order valence-electron chi connectivity index (χ4n) is 1.12. The van der Waals surface area contributed by atoms with Crippen molar-refractivity contribution >= 4 is 5.84 Å². The molecule has 0 radical (unpaired) electrons. The van der Waals surface area contributed by atoms with E-state index in [1.54, 1.807) is 25.2 Å². The maximum Gasteiger partial charge on any atom is 0.182 e. The van der Waals surface area contributed by atoms with Crippen LogP contribution in [0.5, 0.6) is 0 Å². The van der Waals surface area contributed by atoms with Gasteiger partial charge in [-0.2, -0.15) is 5.26 Å². The van der Waals surface area contributed by atoms with E-state index in [1.165, 1.54) is 12.1 Å². The summed E-state index contributed by atoms with van der Waals surface area (Å²) in [4.78, 5) is 4.12. The maximum absolute atomic E-state index is 12.6. The van der Waals surface area contributed by atoms with E-state index >= 15 is 0 Å². The Morgan fingerprint density at radius 1 is 1.47 bits per heavy atom. The van der Waals surface area contributed by atoms with Crippen molar-refractivity contribution in [2.45, 2.75) is 13.3 Å². The number of nitriles is 1. The largest absolute Gasteiger partial charge is 0.281 e. The van der Waals surface area contributed by atoms with Crippen LogP contribution in [-0.4, -0.2) is 12.4 Å². The lowest BCUT2D eigenvalue weighted by Crippen LogP contribution is -2.13.